The third-order valence-corrected chi connectivity index (χ3v) is 5.87. The molecule has 0 saturated carbocycles. The smallest absolute Gasteiger partial charge is 0.306 e. The topological polar surface area (TPSA) is 83.7 Å². The number of carbonyl (C=O) groups is 3. The summed E-state index contributed by atoms with van der Waals surface area (Å²) in [5.74, 6) is -4.28. The Balaban J connectivity index is 1.58. The molecular weight excluding hydrogens is 454 g/mol. The molecule has 9 heteroatoms. The molecule has 1 N–H and O–H groups in total. The summed E-state index contributed by atoms with van der Waals surface area (Å²) in [6.45, 7) is 7.70. The fraction of sp³-hybridized carbons (Fsp3) is 0.269. The Morgan fingerprint density at radius 3 is 2.69 bits per heavy atom. The Morgan fingerprint density at radius 1 is 1.17 bits per heavy atom. The number of alkyl halides is 2. The van der Waals surface area contributed by atoms with Crippen LogP contribution in [0, 0.1) is 6.57 Å². The zero-order chi connectivity index (χ0) is 25.2. The van der Waals surface area contributed by atoms with Crippen molar-refractivity contribution >= 4 is 34.2 Å². The van der Waals surface area contributed by atoms with E-state index >= 15 is 0 Å². The number of carbonyl (C=O) groups excluding carboxylic acids is 3. The van der Waals surface area contributed by atoms with Crippen LogP contribution in [0.1, 0.15) is 36.5 Å². The molecule has 1 aromatic heterocycles. The van der Waals surface area contributed by atoms with Crippen molar-refractivity contribution in [1.29, 1.82) is 0 Å². The Hall–Kier alpha value is -4.19. The predicted octanol–water partition coefficient (Wildman–Crippen LogP) is 4.94. The molecule has 0 spiro atoms. The van der Waals surface area contributed by atoms with Gasteiger partial charge in [0.05, 0.1) is 12.1 Å². The highest BCUT2D eigenvalue weighted by molar-refractivity contribution is 6.09. The fourth-order valence-electron chi connectivity index (χ4n) is 4.26. The number of aromatic nitrogens is 1. The maximum Gasteiger partial charge on any atom is 0.306 e. The molecule has 2 heterocycles. The van der Waals surface area contributed by atoms with Gasteiger partial charge in [-0.15, -0.1) is 0 Å². The Bertz CT molecular complexity index is 1370. The summed E-state index contributed by atoms with van der Waals surface area (Å²) in [4.78, 5) is 45.5. The minimum absolute atomic E-state index is 0.183. The Kier molecular flexibility index (Phi) is 6.56. The van der Waals surface area contributed by atoms with Gasteiger partial charge in [-0.25, -0.2) is 15.4 Å². The first-order chi connectivity index (χ1) is 16.7. The third-order valence-electron chi connectivity index (χ3n) is 5.87. The minimum atomic E-state index is -3.10. The lowest BCUT2D eigenvalue weighted by Crippen LogP contribution is -2.35. The molecule has 1 atom stereocenters. The highest BCUT2D eigenvalue weighted by Crippen LogP contribution is 2.34. The van der Waals surface area contributed by atoms with Crippen LogP contribution in [0.3, 0.4) is 0 Å². The maximum atomic E-state index is 13.7. The lowest BCUT2D eigenvalue weighted by Gasteiger charge is -2.16. The number of Topliss-reactive ketones (excluding diaryl/α,β-unsaturated/α-hetero) is 1. The van der Waals surface area contributed by atoms with Crippen LogP contribution in [0.2, 0.25) is 0 Å². The second-order valence-corrected chi connectivity index (χ2v) is 8.43. The number of hydrogen-bond donors (Lipinski definition) is 1. The molecule has 1 aliphatic heterocycles. The van der Waals surface area contributed by atoms with E-state index in [2.05, 4.69) is 15.1 Å². The zero-order valence-corrected chi connectivity index (χ0v) is 18.9. The fourth-order valence-corrected chi connectivity index (χ4v) is 4.26. The molecule has 35 heavy (non-hydrogen) atoms. The van der Waals surface area contributed by atoms with Gasteiger partial charge in [0.2, 0.25) is 11.8 Å². The van der Waals surface area contributed by atoms with Crippen LogP contribution in [-0.4, -0.2) is 46.1 Å². The van der Waals surface area contributed by atoms with E-state index < -0.39 is 31.0 Å². The van der Waals surface area contributed by atoms with Crippen molar-refractivity contribution in [1.82, 2.24) is 9.88 Å². The maximum absolute atomic E-state index is 13.7. The number of nitrogens with zero attached hydrogens (tertiary/aromatic N) is 3. The summed E-state index contributed by atoms with van der Waals surface area (Å²) in [5, 5.41) is 3.37. The van der Waals surface area contributed by atoms with E-state index in [9.17, 15) is 23.2 Å². The molecule has 1 fully saturated rings. The number of benzene rings is 2. The van der Waals surface area contributed by atoms with E-state index in [1.807, 2.05) is 18.2 Å². The van der Waals surface area contributed by atoms with Crippen molar-refractivity contribution in [2.45, 2.75) is 38.3 Å². The average Bonchev–Trinajstić information content (AvgIpc) is 3.16. The highest BCUT2D eigenvalue weighted by Gasteiger charge is 2.50. The number of likely N-dealkylation sites (tertiary alicyclic amines) is 1. The molecule has 0 bridgehead atoms. The van der Waals surface area contributed by atoms with Crippen molar-refractivity contribution in [3.05, 3.63) is 71.7 Å². The molecule has 0 aliphatic carbocycles. The second kappa shape index (κ2) is 9.58. The van der Waals surface area contributed by atoms with Gasteiger partial charge in [-0.2, -0.15) is 0 Å². The van der Waals surface area contributed by atoms with Crippen LogP contribution in [-0.2, 0) is 9.59 Å². The number of anilines is 1. The van der Waals surface area contributed by atoms with E-state index in [0.717, 1.165) is 16.0 Å². The summed E-state index contributed by atoms with van der Waals surface area (Å²) < 4.78 is 27.3. The Labute approximate surface area is 200 Å². The lowest BCUT2D eigenvalue weighted by atomic mass is 9.97. The molecule has 2 aromatic carbocycles. The molecule has 0 unspecified atom stereocenters. The first-order valence-electron chi connectivity index (χ1n) is 11.0. The van der Waals surface area contributed by atoms with Gasteiger partial charge < -0.3 is 5.32 Å². The summed E-state index contributed by atoms with van der Waals surface area (Å²) in [6.07, 6.45) is -0.847. The highest BCUT2D eigenvalue weighted by atomic mass is 19.3. The van der Waals surface area contributed by atoms with Crippen LogP contribution in [0.25, 0.3) is 26.9 Å². The zero-order valence-electron chi connectivity index (χ0n) is 18.9. The van der Waals surface area contributed by atoms with E-state index in [4.69, 9.17) is 6.57 Å². The predicted molar refractivity (Wildman–Crippen MR) is 127 cm³/mol. The normalized spacial score (nSPS) is 16.6. The number of nitrogens with one attached hydrogen (secondary N) is 1. The quantitative estimate of drug-likeness (QED) is 0.404. The van der Waals surface area contributed by atoms with Crippen LogP contribution in [0.4, 0.5) is 14.5 Å². The van der Waals surface area contributed by atoms with Gasteiger partial charge in [0.25, 0.3) is 5.92 Å². The number of para-hydroxylation sites is 1. The summed E-state index contributed by atoms with van der Waals surface area (Å²) in [6, 6.07) is 14.2. The van der Waals surface area contributed by atoms with Crippen LogP contribution >= 0.6 is 0 Å². The number of fused-ring (bicyclic) bond motifs is 1. The molecular formula is C26H22F2N4O3. The number of rotatable bonds is 6. The number of pyridine rings is 1. The van der Waals surface area contributed by atoms with Crippen molar-refractivity contribution < 1.29 is 23.2 Å². The molecule has 7 nitrogen and oxygen atoms in total. The Morgan fingerprint density at radius 2 is 1.94 bits per heavy atom. The lowest BCUT2D eigenvalue weighted by molar-refractivity contribution is -0.132. The number of halogens is 2. The minimum Gasteiger partial charge on any atom is -0.326 e. The van der Waals surface area contributed by atoms with Crippen molar-refractivity contribution in [3.8, 4) is 11.1 Å². The molecule has 1 saturated heterocycles. The standard InChI is InChI=1S/C26H22F2N4O3/c1-16(33)31-22-6-4-3-5-18(22)17-7-8-21-20(13-17)19(11-12-30-21)23(34)9-10-25(35)32-15-26(27,28)14-24(32)29-2/h3-8,11-13,24H,9-10,14-15H2,1H3,(H,31,33)/t24-/m0/s1. The molecule has 178 valence electrons. The first-order valence-corrected chi connectivity index (χ1v) is 11.0. The summed E-state index contributed by atoms with van der Waals surface area (Å²) in [7, 11) is 0. The van der Waals surface area contributed by atoms with Crippen molar-refractivity contribution in [2.24, 2.45) is 0 Å². The monoisotopic (exact) mass is 476 g/mol. The third kappa shape index (κ3) is 5.17. The molecule has 0 radical (unpaired) electrons. The van der Waals surface area contributed by atoms with Gasteiger partial charge in [-0.3, -0.25) is 29.1 Å². The van der Waals surface area contributed by atoms with Gasteiger partial charge in [0.1, 0.15) is 6.42 Å². The van der Waals surface area contributed by atoms with Crippen molar-refractivity contribution in [2.75, 3.05) is 11.9 Å². The van der Waals surface area contributed by atoms with Gasteiger partial charge >= 0.3 is 6.17 Å². The number of hydrogen-bond acceptors (Lipinski definition) is 4. The van der Waals surface area contributed by atoms with Gasteiger partial charge in [-0.05, 0) is 29.8 Å². The summed E-state index contributed by atoms with van der Waals surface area (Å²) in [5.41, 5.74) is 3.09. The summed E-state index contributed by atoms with van der Waals surface area (Å²) >= 11 is 0. The van der Waals surface area contributed by atoms with Crippen molar-refractivity contribution in [3.63, 3.8) is 0 Å². The first kappa shape index (κ1) is 24.0. The van der Waals surface area contributed by atoms with E-state index in [1.165, 1.54) is 13.1 Å². The second-order valence-electron chi connectivity index (χ2n) is 8.43. The van der Waals surface area contributed by atoms with Gasteiger partial charge in [-0.1, -0.05) is 24.3 Å². The van der Waals surface area contributed by atoms with Gasteiger partial charge in [0, 0.05) is 48.2 Å². The van der Waals surface area contributed by atoms with Crippen LogP contribution in [0.5, 0.6) is 0 Å². The molecule has 4 rings (SSSR count). The van der Waals surface area contributed by atoms with E-state index in [-0.39, 0.29) is 24.5 Å². The number of amides is 2. The number of ketones is 1. The molecule has 1 aliphatic rings. The van der Waals surface area contributed by atoms with Gasteiger partial charge in [0.15, 0.2) is 5.78 Å². The molecule has 3 aromatic rings. The van der Waals surface area contributed by atoms with Crippen LogP contribution in [0.15, 0.2) is 54.7 Å². The van der Waals surface area contributed by atoms with E-state index in [1.54, 1.807) is 30.3 Å². The van der Waals surface area contributed by atoms with Crippen LogP contribution < -0.4 is 5.32 Å². The van der Waals surface area contributed by atoms with E-state index in [0.29, 0.717) is 22.2 Å². The molecule has 2 amide bonds. The average molecular weight is 476 g/mol. The SMILES string of the molecule is [C-]#[N+][C@@H]1CC(F)(F)CN1C(=O)CCC(=O)c1ccnc2ccc(-c3ccccc3NC(C)=O)cc12. The largest absolute Gasteiger partial charge is 0.326 e.